The fraction of sp³-hybridized carbons (Fsp3) is 0.529. The van der Waals surface area contributed by atoms with E-state index in [9.17, 15) is 4.79 Å². The molecule has 0 radical (unpaired) electrons. The minimum atomic E-state index is -0.512. The molecule has 7 heteroatoms. The largest absolute Gasteiger partial charge is 0.497 e. The van der Waals surface area contributed by atoms with Gasteiger partial charge in [-0.25, -0.2) is 0 Å². The van der Waals surface area contributed by atoms with Gasteiger partial charge in [0.2, 0.25) is 5.91 Å². The monoisotopic (exact) mass is 329 g/mol. The summed E-state index contributed by atoms with van der Waals surface area (Å²) < 4.78 is 6.91. The Bertz CT molecular complexity index is 702. The molecule has 1 saturated carbocycles. The summed E-state index contributed by atoms with van der Waals surface area (Å²) in [6.45, 7) is 3.78. The summed E-state index contributed by atoms with van der Waals surface area (Å²) in [5.74, 6) is 2.05. The van der Waals surface area contributed by atoms with E-state index in [1.165, 1.54) is 0 Å². The van der Waals surface area contributed by atoms with Crippen molar-refractivity contribution in [3.05, 3.63) is 30.1 Å². The van der Waals surface area contributed by atoms with Gasteiger partial charge in [-0.15, -0.1) is 5.10 Å². The van der Waals surface area contributed by atoms with E-state index in [1.54, 1.807) is 18.7 Å². The molecule has 128 valence electrons. The summed E-state index contributed by atoms with van der Waals surface area (Å²) >= 11 is 0. The number of hydrogen-bond donors (Lipinski definition) is 1. The third kappa shape index (κ3) is 3.11. The van der Waals surface area contributed by atoms with Gasteiger partial charge in [-0.1, -0.05) is 6.92 Å². The SMILES string of the molecule is COc1ccc(-n2nnnc2C2(NC(C)=O)CCC(C)CC2)cc1. The zero-order valence-electron chi connectivity index (χ0n) is 14.3. The molecule has 3 rings (SSSR count). The molecule has 1 fully saturated rings. The van der Waals surface area contributed by atoms with Crippen molar-refractivity contribution in [2.24, 2.45) is 5.92 Å². The predicted octanol–water partition coefficient (Wildman–Crippen LogP) is 2.21. The zero-order chi connectivity index (χ0) is 17.2. The van der Waals surface area contributed by atoms with Crippen molar-refractivity contribution >= 4 is 5.91 Å². The Hall–Kier alpha value is -2.44. The Morgan fingerprint density at radius 1 is 1.29 bits per heavy atom. The Morgan fingerprint density at radius 3 is 2.54 bits per heavy atom. The number of hydrogen-bond acceptors (Lipinski definition) is 5. The number of benzene rings is 1. The number of carbonyl (C=O) groups excluding carboxylic acids is 1. The topological polar surface area (TPSA) is 81.9 Å². The molecule has 1 aromatic carbocycles. The number of tetrazole rings is 1. The number of carbonyl (C=O) groups is 1. The van der Waals surface area contributed by atoms with Crippen LogP contribution in [0.15, 0.2) is 24.3 Å². The van der Waals surface area contributed by atoms with Gasteiger partial charge in [0.1, 0.15) is 11.3 Å². The third-order valence-corrected chi connectivity index (χ3v) is 4.76. The van der Waals surface area contributed by atoms with Gasteiger partial charge in [0.05, 0.1) is 12.8 Å². The van der Waals surface area contributed by atoms with Gasteiger partial charge in [-0.3, -0.25) is 4.79 Å². The molecule has 1 aliphatic rings. The van der Waals surface area contributed by atoms with E-state index in [2.05, 4.69) is 27.8 Å². The number of methoxy groups -OCH3 is 1. The van der Waals surface area contributed by atoms with Crippen molar-refractivity contribution in [3.63, 3.8) is 0 Å². The van der Waals surface area contributed by atoms with Crippen LogP contribution in [0.2, 0.25) is 0 Å². The minimum absolute atomic E-state index is 0.0613. The molecule has 7 nitrogen and oxygen atoms in total. The maximum absolute atomic E-state index is 11.8. The summed E-state index contributed by atoms with van der Waals surface area (Å²) in [5.41, 5.74) is 0.334. The normalized spacial score (nSPS) is 23.7. The van der Waals surface area contributed by atoms with Crippen molar-refractivity contribution < 1.29 is 9.53 Å². The highest BCUT2D eigenvalue weighted by atomic mass is 16.5. The van der Waals surface area contributed by atoms with Gasteiger partial charge in [-0.05, 0) is 66.3 Å². The second-order valence-corrected chi connectivity index (χ2v) is 6.56. The van der Waals surface area contributed by atoms with Crippen LogP contribution in [-0.2, 0) is 10.3 Å². The number of rotatable bonds is 4. The maximum Gasteiger partial charge on any atom is 0.217 e. The highest BCUT2D eigenvalue weighted by Gasteiger charge is 2.41. The lowest BCUT2D eigenvalue weighted by molar-refractivity contribution is -0.121. The standard InChI is InChI=1S/C17H23N5O2/c1-12-8-10-17(11-9-12,18-13(2)23)16-19-20-21-22(16)14-4-6-15(24-3)7-5-14/h4-7,12H,8-11H2,1-3H3,(H,18,23). The summed E-state index contributed by atoms with van der Waals surface area (Å²) in [6, 6.07) is 7.56. The highest BCUT2D eigenvalue weighted by molar-refractivity contribution is 5.74. The van der Waals surface area contributed by atoms with Crippen LogP contribution >= 0.6 is 0 Å². The Labute approximate surface area is 141 Å². The first-order valence-electron chi connectivity index (χ1n) is 8.26. The highest BCUT2D eigenvalue weighted by Crippen LogP contribution is 2.39. The maximum atomic E-state index is 11.8. The van der Waals surface area contributed by atoms with E-state index in [0.29, 0.717) is 11.7 Å². The molecule has 0 spiro atoms. The molecule has 24 heavy (non-hydrogen) atoms. The predicted molar refractivity (Wildman–Crippen MR) is 88.8 cm³/mol. The van der Waals surface area contributed by atoms with Crippen LogP contribution in [0.4, 0.5) is 0 Å². The molecular weight excluding hydrogens is 306 g/mol. The Balaban J connectivity index is 2.00. The van der Waals surface area contributed by atoms with Crippen LogP contribution in [0.3, 0.4) is 0 Å². The van der Waals surface area contributed by atoms with Gasteiger partial charge < -0.3 is 10.1 Å². The third-order valence-electron chi connectivity index (χ3n) is 4.76. The Kier molecular flexibility index (Phi) is 4.51. The van der Waals surface area contributed by atoms with Crippen LogP contribution in [0.25, 0.3) is 5.69 Å². The van der Waals surface area contributed by atoms with Crippen molar-refractivity contribution in [2.45, 2.75) is 45.1 Å². The molecule has 2 aromatic rings. The van der Waals surface area contributed by atoms with Crippen molar-refractivity contribution in [3.8, 4) is 11.4 Å². The Morgan fingerprint density at radius 2 is 1.96 bits per heavy atom. The molecule has 0 saturated heterocycles. The van der Waals surface area contributed by atoms with Crippen LogP contribution in [0.5, 0.6) is 5.75 Å². The fourth-order valence-corrected chi connectivity index (χ4v) is 3.38. The average molecular weight is 329 g/mol. The first-order valence-corrected chi connectivity index (χ1v) is 8.26. The van der Waals surface area contributed by atoms with Gasteiger partial charge in [0, 0.05) is 6.92 Å². The molecule has 1 aliphatic carbocycles. The summed E-state index contributed by atoms with van der Waals surface area (Å²) in [7, 11) is 1.63. The van der Waals surface area contributed by atoms with Gasteiger partial charge in [-0.2, -0.15) is 4.68 Å². The molecular formula is C17H23N5O2. The average Bonchev–Trinajstić information content (AvgIpc) is 3.07. The second-order valence-electron chi connectivity index (χ2n) is 6.56. The second kappa shape index (κ2) is 6.59. The van der Waals surface area contributed by atoms with Crippen LogP contribution < -0.4 is 10.1 Å². The molecule has 0 atom stereocenters. The first kappa shape index (κ1) is 16.4. The smallest absolute Gasteiger partial charge is 0.217 e. The number of amides is 1. The summed E-state index contributed by atoms with van der Waals surface area (Å²) in [4.78, 5) is 11.8. The fourth-order valence-electron chi connectivity index (χ4n) is 3.38. The van der Waals surface area contributed by atoms with E-state index in [-0.39, 0.29) is 5.91 Å². The number of ether oxygens (including phenoxy) is 1. The lowest BCUT2D eigenvalue weighted by atomic mass is 9.76. The van der Waals surface area contributed by atoms with E-state index in [4.69, 9.17) is 4.74 Å². The molecule has 1 N–H and O–H groups in total. The van der Waals surface area contributed by atoms with Gasteiger partial charge in [0.25, 0.3) is 0 Å². The first-order chi connectivity index (χ1) is 11.5. The number of nitrogens with one attached hydrogen (secondary N) is 1. The van der Waals surface area contributed by atoms with Crippen LogP contribution in [-0.4, -0.2) is 33.2 Å². The summed E-state index contributed by atoms with van der Waals surface area (Å²) in [6.07, 6.45) is 3.75. The van der Waals surface area contributed by atoms with E-state index in [1.807, 2.05) is 24.3 Å². The molecule has 0 unspecified atom stereocenters. The van der Waals surface area contributed by atoms with Gasteiger partial charge in [0.15, 0.2) is 5.82 Å². The van der Waals surface area contributed by atoms with E-state index >= 15 is 0 Å². The molecule has 1 aromatic heterocycles. The number of aromatic nitrogens is 4. The minimum Gasteiger partial charge on any atom is -0.497 e. The van der Waals surface area contributed by atoms with Crippen molar-refractivity contribution in [2.75, 3.05) is 7.11 Å². The molecule has 1 heterocycles. The lowest BCUT2D eigenvalue weighted by Crippen LogP contribution is -2.49. The van der Waals surface area contributed by atoms with Crippen molar-refractivity contribution in [1.29, 1.82) is 0 Å². The summed E-state index contributed by atoms with van der Waals surface area (Å²) in [5, 5.41) is 15.4. The quantitative estimate of drug-likeness (QED) is 0.930. The zero-order valence-corrected chi connectivity index (χ0v) is 14.3. The lowest BCUT2D eigenvalue weighted by Gasteiger charge is -2.38. The molecule has 0 aliphatic heterocycles. The number of nitrogens with zero attached hydrogens (tertiary/aromatic N) is 4. The van der Waals surface area contributed by atoms with Gasteiger partial charge >= 0.3 is 0 Å². The van der Waals surface area contributed by atoms with Crippen LogP contribution in [0.1, 0.15) is 45.4 Å². The van der Waals surface area contributed by atoms with E-state index in [0.717, 1.165) is 37.1 Å². The van der Waals surface area contributed by atoms with E-state index < -0.39 is 5.54 Å². The van der Waals surface area contributed by atoms with Crippen molar-refractivity contribution in [1.82, 2.24) is 25.5 Å². The van der Waals surface area contributed by atoms with Crippen LogP contribution in [0, 0.1) is 5.92 Å². The molecule has 1 amide bonds. The molecule has 0 bridgehead atoms.